The van der Waals surface area contributed by atoms with Gasteiger partial charge in [-0.05, 0) is 12.1 Å². The zero-order valence-corrected chi connectivity index (χ0v) is 8.47. The van der Waals surface area contributed by atoms with E-state index in [1.165, 1.54) is 23.8 Å². The van der Waals surface area contributed by atoms with Crippen molar-refractivity contribution < 1.29 is 14.7 Å². The van der Waals surface area contributed by atoms with Gasteiger partial charge in [-0.15, -0.1) is 0 Å². The van der Waals surface area contributed by atoms with E-state index < -0.39 is 5.97 Å². The molecule has 0 unspecified atom stereocenters. The fourth-order valence-corrected chi connectivity index (χ4v) is 1.42. The number of imidazole rings is 1. The number of fused-ring (bicyclic) bond motifs is 1. The molecule has 82 valence electrons. The number of rotatable bonds is 2. The Morgan fingerprint density at radius 2 is 2.19 bits per heavy atom. The lowest BCUT2D eigenvalue weighted by Gasteiger charge is -2.01. The van der Waals surface area contributed by atoms with Crippen molar-refractivity contribution in [3.05, 3.63) is 35.8 Å². The Kier molecular flexibility index (Phi) is 2.32. The molecule has 2 aromatic rings. The number of carboxylic acids is 1. The van der Waals surface area contributed by atoms with Crippen LogP contribution in [0.4, 0.5) is 0 Å². The third-order valence-electron chi connectivity index (χ3n) is 2.21. The van der Waals surface area contributed by atoms with Crippen LogP contribution in [0.15, 0.2) is 24.5 Å². The normalized spacial score (nSPS) is 10.3. The molecule has 0 atom stereocenters. The van der Waals surface area contributed by atoms with Crippen molar-refractivity contribution >= 4 is 17.5 Å². The molecule has 2 N–H and O–H groups in total. The van der Waals surface area contributed by atoms with Crippen LogP contribution >= 0.6 is 0 Å². The molecule has 0 fully saturated rings. The summed E-state index contributed by atoms with van der Waals surface area (Å²) in [4.78, 5) is 26.1. The molecule has 0 aromatic carbocycles. The topological polar surface area (TPSA) is 83.7 Å². The third-order valence-corrected chi connectivity index (χ3v) is 2.21. The van der Waals surface area contributed by atoms with E-state index in [1.54, 1.807) is 12.1 Å². The molecule has 0 radical (unpaired) electrons. The first-order valence-electron chi connectivity index (χ1n) is 4.56. The SMILES string of the molecule is CNC(=O)c1ccc2ncc(C(=O)O)n2c1. The third kappa shape index (κ3) is 1.50. The van der Waals surface area contributed by atoms with Crippen LogP contribution in [0.5, 0.6) is 0 Å². The molecule has 0 spiro atoms. The summed E-state index contributed by atoms with van der Waals surface area (Å²) >= 11 is 0. The van der Waals surface area contributed by atoms with E-state index in [9.17, 15) is 9.59 Å². The number of aromatic nitrogens is 2. The Hall–Kier alpha value is -2.37. The maximum absolute atomic E-state index is 11.4. The maximum Gasteiger partial charge on any atom is 0.354 e. The molecule has 6 heteroatoms. The van der Waals surface area contributed by atoms with E-state index in [2.05, 4.69) is 10.3 Å². The van der Waals surface area contributed by atoms with Crippen LogP contribution < -0.4 is 5.32 Å². The first-order valence-corrected chi connectivity index (χ1v) is 4.56. The first kappa shape index (κ1) is 10.2. The van der Waals surface area contributed by atoms with Crippen LogP contribution in [0.1, 0.15) is 20.8 Å². The average Bonchev–Trinajstić information content (AvgIpc) is 2.70. The zero-order valence-electron chi connectivity index (χ0n) is 8.47. The lowest BCUT2D eigenvalue weighted by atomic mass is 10.2. The molecular weight excluding hydrogens is 210 g/mol. The van der Waals surface area contributed by atoms with Crippen molar-refractivity contribution in [2.75, 3.05) is 7.05 Å². The lowest BCUT2D eigenvalue weighted by molar-refractivity contribution is 0.0688. The van der Waals surface area contributed by atoms with Gasteiger partial charge in [-0.3, -0.25) is 9.20 Å². The summed E-state index contributed by atoms with van der Waals surface area (Å²) < 4.78 is 1.37. The minimum Gasteiger partial charge on any atom is -0.477 e. The number of hydrogen-bond acceptors (Lipinski definition) is 3. The summed E-state index contributed by atoms with van der Waals surface area (Å²) in [6.07, 6.45) is 2.70. The number of carboxylic acid groups (broad SMARTS) is 1. The number of amides is 1. The second-order valence-electron chi connectivity index (χ2n) is 3.17. The maximum atomic E-state index is 11.4. The summed E-state index contributed by atoms with van der Waals surface area (Å²) in [5.41, 5.74) is 0.904. The number of nitrogens with zero attached hydrogens (tertiary/aromatic N) is 2. The number of pyridine rings is 1. The predicted molar refractivity (Wildman–Crippen MR) is 55.5 cm³/mol. The Labute approximate surface area is 90.5 Å². The Bertz CT molecular complexity index is 574. The van der Waals surface area contributed by atoms with Crippen molar-refractivity contribution in [3.8, 4) is 0 Å². The van der Waals surface area contributed by atoms with Crippen LogP contribution in [0.2, 0.25) is 0 Å². The number of aromatic carboxylic acids is 1. The summed E-state index contributed by atoms with van der Waals surface area (Å²) in [5, 5.41) is 11.4. The van der Waals surface area contributed by atoms with E-state index in [0.717, 1.165) is 0 Å². The van der Waals surface area contributed by atoms with E-state index in [-0.39, 0.29) is 11.6 Å². The van der Waals surface area contributed by atoms with Crippen molar-refractivity contribution in [2.45, 2.75) is 0 Å². The molecule has 0 bridgehead atoms. The van der Waals surface area contributed by atoms with Gasteiger partial charge in [0.2, 0.25) is 0 Å². The smallest absolute Gasteiger partial charge is 0.354 e. The second-order valence-corrected chi connectivity index (χ2v) is 3.17. The van der Waals surface area contributed by atoms with Gasteiger partial charge in [-0.1, -0.05) is 0 Å². The molecule has 0 saturated heterocycles. The highest BCUT2D eigenvalue weighted by Gasteiger charge is 2.12. The number of nitrogens with one attached hydrogen (secondary N) is 1. The molecule has 0 aliphatic carbocycles. The predicted octanol–water partition coefficient (Wildman–Crippen LogP) is 0.392. The van der Waals surface area contributed by atoms with Gasteiger partial charge in [0.1, 0.15) is 5.65 Å². The molecule has 0 aliphatic heterocycles. The summed E-state index contributed by atoms with van der Waals surface area (Å²) in [7, 11) is 1.51. The van der Waals surface area contributed by atoms with Gasteiger partial charge in [0.25, 0.3) is 5.91 Å². The van der Waals surface area contributed by atoms with Crippen LogP contribution in [0.25, 0.3) is 5.65 Å². The van der Waals surface area contributed by atoms with E-state index in [0.29, 0.717) is 11.2 Å². The Morgan fingerprint density at radius 1 is 1.44 bits per heavy atom. The minimum absolute atomic E-state index is 0.0285. The number of carbonyl (C=O) groups excluding carboxylic acids is 1. The molecular formula is C10H9N3O3. The van der Waals surface area contributed by atoms with E-state index in [1.807, 2.05) is 0 Å². The van der Waals surface area contributed by atoms with Gasteiger partial charge in [0.05, 0.1) is 11.8 Å². The molecule has 0 saturated carbocycles. The molecule has 16 heavy (non-hydrogen) atoms. The fourth-order valence-electron chi connectivity index (χ4n) is 1.42. The lowest BCUT2D eigenvalue weighted by Crippen LogP contribution is -2.18. The van der Waals surface area contributed by atoms with Crippen LogP contribution in [-0.4, -0.2) is 33.4 Å². The highest BCUT2D eigenvalue weighted by Crippen LogP contribution is 2.09. The van der Waals surface area contributed by atoms with Crippen molar-refractivity contribution in [1.29, 1.82) is 0 Å². The minimum atomic E-state index is -1.08. The van der Waals surface area contributed by atoms with Gasteiger partial charge >= 0.3 is 5.97 Å². The van der Waals surface area contributed by atoms with Crippen molar-refractivity contribution in [3.63, 3.8) is 0 Å². The van der Waals surface area contributed by atoms with Gasteiger partial charge in [0.15, 0.2) is 5.69 Å². The quantitative estimate of drug-likeness (QED) is 0.765. The standard InChI is InChI=1S/C10H9N3O3/c1-11-9(14)6-2-3-8-12-4-7(10(15)16)13(8)5-6/h2-5H,1H3,(H,11,14)(H,15,16). The van der Waals surface area contributed by atoms with Crippen LogP contribution in [-0.2, 0) is 0 Å². The molecule has 2 aromatic heterocycles. The monoisotopic (exact) mass is 219 g/mol. The zero-order chi connectivity index (χ0) is 11.7. The second kappa shape index (κ2) is 3.65. The summed E-state index contributed by atoms with van der Waals surface area (Å²) in [5.74, 6) is -1.35. The average molecular weight is 219 g/mol. The van der Waals surface area contributed by atoms with Crippen LogP contribution in [0, 0.1) is 0 Å². The fraction of sp³-hybridized carbons (Fsp3) is 0.100. The molecule has 6 nitrogen and oxygen atoms in total. The van der Waals surface area contributed by atoms with Crippen molar-refractivity contribution in [1.82, 2.24) is 14.7 Å². The van der Waals surface area contributed by atoms with Gasteiger partial charge in [-0.25, -0.2) is 9.78 Å². The highest BCUT2D eigenvalue weighted by atomic mass is 16.4. The van der Waals surface area contributed by atoms with Gasteiger partial charge in [0, 0.05) is 13.2 Å². The van der Waals surface area contributed by atoms with Crippen LogP contribution in [0.3, 0.4) is 0 Å². The van der Waals surface area contributed by atoms with Gasteiger partial charge < -0.3 is 10.4 Å². The first-order chi connectivity index (χ1) is 7.63. The van der Waals surface area contributed by atoms with Gasteiger partial charge in [-0.2, -0.15) is 0 Å². The molecule has 2 rings (SSSR count). The molecule has 0 aliphatic rings. The molecule has 1 amide bonds. The highest BCUT2D eigenvalue weighted by molar-refractivity contribution is 5.94. The Morgan fingerprint density at radius 3 is 2.81 bits per heavy atom. The molecule has 2 heterocycles. The van der Waals surface area contributed by atoms with Crippen molar-refractivity contribution in [2.24, 2.45) is 0 Å². The number of hydrogen-bond donors (Lipinski definition) is 2. The largest absolute Gasteiger partial charge is 0.477 e. The van der Waals surface area contributed by atoms with E-state index in [4.69, 9.17) is 5.11 Å². The van der Waals surface area contributed by atoms with E-state index >= 15 is 0 Å². The number of carbonyl (C=O) groups is 2. The summed E-state index contributed by atoms with van der Waals surface area (Å²) in [6.45, 7) is 0. The Balaban J connectivity index is 2.63. The summed E-state index contributed by atoms with van der Waals surface area (Å²) in [6, 6.07) is 3.18.